The molecule has 0 unspecified atom stereocenters. The van der Waals surface area contributed by atoms with E-state index in [0.717, 1.165) is 23.1 Å². The van der Waals surface area contributed by atoms with E-state index in [4.69, 9.17) is 16.3 Å². The first kappa shape index (κ1) is 10.2. The maximum absolute atomic E-state index is 5.96. The highest BCUT2D eigenvalue weighted by molar-refractivity contribution is 6.34. The molecule has 0 spiro atoms. The number of fused-ring (bicyclic) bond motifs is 1. The molecule has 2 rings (SSSR count). The standard InChI is InChI=1S/C11H11ClN2O/c1-2-6-15-9-5-3-4-8-10(9)13-7-14-11(8)12/h3-5,7H,2,6H2,1H3. The van der Waals surface area contributed by atoms with E-state index in [1.807, 2.05) is 18.2 Å². The van der Waals surface area contributed by atoms with E-state index in [9.17, 15) is 0 Å². The number of para-hydroxylation sites is 1. The largest absolute Gasteiger partial charge is 0.491 e. The first-order valence-corrected chi connectivity index (χ1v) is 5.22. The molecular weight excluding hydrogens is 212 g/mol. The van der Waals surface area contributed by atoms with Gasteiger partial charge >= 0.3 is 0 Å². The quantitative estimate of drug-likeness (QED) is 0.749. The summed E-state index contributed by atoms with van der Waals surface area (Å²) in [6.07, 6.45) is 2.42. The molecular formula is C11H11ClN2O. The maximum Gasteiger partial charge on any atom is 0.145 e. The average Bonchev–Trinajstić information content (AvgIpc) is 2.27. The Morgan fingerprint density at radius 2 is 2.20 bits per heavy atom. The minimum absolute atomic E-state index is 0.460. The van der Waals surface area contributed by atoms with Crippen LogP contribution in [-0.4, -0.2) is 16.6 Å². The highest BCUT2D eigenvalue weighted by Crippen LogP contribution is 2.26. The van der Waals surface area contributed by atoms with Crippen LogP contribution in [0.15, 0.2) is 24.5 Å². The Labute approximate surface area is 93.1 Å². The van der Waals surface area contributed by atoms with Crippen LogP contribution in [0.2, 0.25) is 5.15 Å². The van der Waals surface area contributed by atoms with E-state index in [0.29, 0.717) is 11.8 Å². The van der Waals surface area contributed by atoms with E-state index in [1.165, 1.54) is 6.33 Å². The topological polar surface area (TPSA) is 35.0 Å². The smallest absolute Gasteiger partial charge is 0.145 e. The van der Waals surface area contributed by atoms with Gasteiger partial charge in [0.2, 0.25) is 0 Å². The Balaban J connectivity index is 2.51. The van der Waals surface area contributed by atoms with Crippen LogP contribution >= 0.6 is 11.6 Å². The monoisotopic (exact) mass is 222 g/mol. The van der Waals surface area contributed by atoms with Crippen LogP contribution in [0.4, 0.5) is 0 Å². The Kier molecular flexibility index (Phi) is 3.02. The van der Waals surface area contributed by atoms with Gasteiger partial charge in [-0.2, -0.15) is 0 Å². The maximum atomic E-state index is 5.96. The molecule has 3 nitrogen and oxygen atoms in total. The Hall–Kier alpha value is -1.35. The van der Waals surface area contributed by atoms with Crippen LogP contribution in [0.25, 0.3) is 10.9 Å². The van der Waals surface area contributed by atoms with Crippen molar-refractivity contribution in [3.8, 4) is 5.75 Å². The number of aromatic nitrogens is 2. The summed E-state index contributed by atoms with van der Waals surface area (Å²) in [5.74, 6) is 0.763. The number of halogens is 1. The second-order valence-corrected chi connectivity index (χ2v) is 3.52. The Bertz CT molecular complexity index is 473. The van der Waals surface area contributed by atoms with Gasteiger partial charge in [-0.25, -0.2) is 9.97 Å². The lowest BCUT2D eigenvalue weighted by Gasteiger charge is -2.07. The highest BCUT2D eigenvalue weighted by atomic mass is 35.5. The van der Waals surface area contributed by atoms with Crippen LogP contribution in [-0.2, 0) is 0 Å². The number of benzene rings is 1. The third-order valence-electron chi connectivity index (χ3n) is 2.04. The third kappa shape index (κ3) is 2.02. The summed E-state index contributed by atoms with van der Waals surface area (Å²) in [5.41, 5.74) is 0.769. The molecule has 0 amide bonds. The summed E-state index contributed by atoms with van der Waals surface area (Å²) in [7, 11) is 0. The van der Waals surface area contributed by atoms with Gasteiger partial charge < -0.3 is 4.74 Å². The lowest BCUT2D eigenvalue weighted by Crippen LogP contribution is -1.96. The fourth-order valence-electron chi connectivity index (χ4n) is 1.36. The normalized spacial score (nSPS) is 10.5. The fourth-order valence-corrected chi connectivity index (χ4v) is 1.55. The lowest BCUT2D eigenvalue weighted by atomic mass is 10.2. The molecule has 15 heavy (non-hydrogen) atoms. The molecule has 0 atom stereocenters. The first-order valence-electron chi connectivity index (χ1n) is 4.85. The molecule has 0 aliphatic heterocycles. The zero-order valence-corrected chi connectivity index (χ0v) is 9.16. The predicted octanol–water partition coefficient (Wildman–Crippen LogP) is 3.07. The van der Waals surface area contributed by atoms with Crippen molar-refractivity contribution in [2.75, 3.05) is 6.61 Å². The van der Waals surface area contributed by atoms with Crippen molar-refractivity contribution in [2.24, 2.45) is 0 Å². The lowest BCUT2D eigenvalue weighted by molar-refractivity contribution is 0.320. The van der Waals surface area contributed by atoms with Gasteiger partial charge in [0.25, 0.3) is 0 Å². The van der Waals surface area contributed by atoms with Gasteiger partial charge in [0, 0.05) is 5.39 Å². The predicted molar refractivity (Wildman–Crippen MR) is 60.3 cm³/mol. The molecule has 4 heteroatoms. The fraction of sp³-hybridized carbons (Fsp3) is 0.273. The van der Waals surface area contributed by atoms with Crippen molar-refractivity contribution in [1.82, 2.24) is 9.97 Å². The minimum Gasteiger partial charge on any atom is -0.491 e. The van der Waals surface area contributed by atoms with E-state index < -0.39 is 0 Å². The molecule has 0 saturated heterocycles. The highest BCUT2D eigenvalue weighted by Gasteiger charge is 2.06. The van der Waals surface area contributed by atoms with Gasteiger partial charge in [-0.15, -0.1) is 0 Å². The SMILES string of the molecule is CCCOc1cccc2c(Cl)ncnc12. The van der Waals surface area contributed by atoms with Crippen molar-refractivity contribution in [2.45, 2.75) is 13.3 Å². The molecule has 0 aliphatic carbocycles. The summed E-state index contributed by atoms with van der Waals surface area (Å²) in [6, 6.07) is 5.67. The van der Waals surface area contributed by atoms with Crippen molar-refractivity contribution < 1.29 is 4.74 Å². The van der Waals surface area contributed by atoms with Gasteiger partial charge in [-0.05, 0) is 18.6 Å². The van der Waals surface area contributed by atoms with E-state index in [-0.39, 0.29) is 0 Å². The zero-order chi connectivity index (χ0) is 10.7. The van der Waals surface area contributed by atoms with Crippen LogP contribution < -0.4 is 4.74 Å². The van der Waals surface area contributed by atoms with Crippen molar-refractivity contribution in [3.05, 3.63) is 29.7 Å². The molecule has 1 aromatic carbocycles. The van der Waals surface area contributed by atoms with Crippen LogP contribution in [0.1, 0.15) is 13.3 Å². The third-order valence-corrected chi connectivity index (χ3v) is 2.34. The molecule has 0 radical (unpaired) electrons. The number of nitrogens with zero attached hydrogens (tertiary/aromatic N) is 2. The zero-order valence-electron chi connectivity index (χ0n) is 8.40. The second-order valence-electron chi connectivity index (χ2n) is 3.17. The molecule has 0 bridgehead atoms. The van der Waals surface area contributed by atoms with E-state index in [1.54, 1.807) is 0 Å². The summed E-state index contributed by atoms with van der Waals surface area (Å²) in [6.45, 7) is 2.74. The molecule has 2 aromatic rings. The summed E-state index contributed by atoms with van der Waals surface area (Å²) < 4.78 is 5.57. The number of hydrogen-bond donors (Lipinski definition) is 0. The molecule has 0 saturated carbocycles. The van der Waals surface area contributed by atoms with Crippen molar-refractivity contribution >= 4 is 22.5 Å². The van der Waals surface area contributed by atoms with Crippen LogP contribution in [0, 0.1) is 0 Å². The average molecular weight is 223 g/mol. The van der Waals surface area contributed by atoms with Gasteiger partial charge in [0.1, 0.15) is 22.7 Å². The molecule has 0 fully saturated rings. The van der Waals surface area contributed by atoms with E-state index in [2.05, 4.69) is 16.9 Å². The summed E-state index contributed by atoms with van der Waals surface area (Å²) >= 11 is 5.96. The second kappa shape index (κ2) is 4.45. The minimum atomic E-state index is 0.460. The van der Waals surface area contributed by atoms with Crippen molar-refractivity contribution in [1.29, 1.82) is 0 Å². The molecule has 0 N–H and O–H groups in total. The van der Waals surface area contributed by atoms with Crippen LogP contribution in [0.3, 0.4) is 0 Å². The molecule has 1 heterocycles. The van der Waals surface area contributed by atoms with E-state index >= 15 is 0 Å². The summed E-state index contributed by atoms with van der Waals surface area (Å²) in [4.78, 5) is 8.10. The first-order chi connectivity index (χ1) is 7.33. The van der Waals surface area contributed by atoms with Gasteiger partial charge in [-0.1, -0.05) is 24.6 Å². The summed E-state index contributed by atoms with van der Waals surface area (Å²) in [5, 5.41) is 1.29. The van der Waals surface area contributed by atoms with Crippen molar-refractivity contribution in [3.63, 3.8) is 0 Å². The number of hydrogen-bond acceptors (Lipinski definition) is 3. The van der Waals surface area contributed by atoms with Crippen LogP contribution in [0.5, 0.6) is 5.75 Å². The van der Waals surface area contributed by atoms with Gasteiger partial charge in [0.05, 0.1) is 6.61 Å². The Morgan fingerprint density at radius 3 is 3.00 bits per heavy atom. The Morgan fingerprint density at radius 1 is 1.33 bits per heavy atom. The number of ether oxygens (including phenoxy) is 1. The molecule has 0 aliphatic rings. The molecule has 1 aromatic heterocycles. The molecule has 78 valence electrons. The number of rotatable bonds is 3. The van der Waals surface area contributed by atoms with Gasteiger partial charge in [0.15, 0.2) is 0 Å². The van der Waals surface area contributed by atoms with Gasteiger partial charge in [-0.3, -0.25) is 0 Å².